The molecule has 0 amide bonds. The smallest absolute Gasteiger partial charge is 0.346 e. The van der Waals surface area contributed by atoms with Gasteiger partial charge < -0.3 is 4.74 Å². The monoisotopic (exact) mass is 409 g/mol. The van der Waals surface area contributed by atoms with E-state index < -0.39 is 17.7 Å². The van der Waals surface area contributed by atoms with Gasteiger partial charge in [-0.1, -0.05) is 6.07 Å². The summed E-state index contributed by atoms with van der Waals surface area (Å²) >= 11 is 0. The van der Waals surface area contributed by atoms with Gasteiger partial charge in [0.25, 0.3) is 0 Å². The maximum absolute atomic E-state index is 13.6. The van der Waals surface area contributed by atoms with E-state index in [1.54, 1.807) is 22.8 Å². The number of benzene rings is 1. The van der Waals surface area contributed by atoms with Crippen LogP contribution < -0.4 is 10.4 Å². The molecule has 2 aromatic heterocycles. The molecule has 3 aromatic rings. The van der Waals surface area contributed by atoms with Crippen molar-refractivity contribution in [1.29, 1.82) is 5.26 Å². The molecule has 0 unspecified atom stereocenters. The van der Waals surface area contributed by atoms with E-state index in [1.807, 2.05) is 6.07 Å². The van der Waals surface area contributed by atoms with Gasteiger partial charge in [0.05, 0.1) is 12.1 Å². The van der Waals surface area contributed by atoms with Gasteiger partial charge in [0.2, 0.25) is 5.88 Å². The van der Waals surface area contributed by atoms with Gasteiger partial charge >= 0.3 is 5.69 Å². The molecule has 1 saturated carbocycles. The van der Waals surface area contributed by atoms with Crippen LogP contribution in [0.1, 0.15) is 48.4 Å². The number of halogens is 2. The zero-order valence-electron chi connectivity index (χ0n) is 15.8. The molecule has 1 aromatic carbocycles. The van der Waals surface area contributed by atoms with Crippen LogP contribution in [0, 0.1) is 23.0 Å². The summed E-state index contributed by atoms with van der Waals surface area (Å²) in [6, 6.07) is 9.79. The maximum Gasteiger partial charge on any atom is 0.346 e. The fourth-order valence-electron chi connectivity index (χ4n) is 4.18. The fraction of sp³-hybridized carbons (Fsp3) is 0.333. The van der Waals surface area contributed by atoms with Crippen LogP contribution in [0.3, 0.4) is 0 Å². The summed E-state index contributed by atoms with van der Waals surface area (Å²) < 4.78 is 36.1. The Morgan fingerprint density at radius 3 is 2.67 bits per heavy atom. The third-order valence-corrected chi connectivity index (χ3v) is 5.67. The van der Waals surface area contributed by atoms with Crippen LogP contribution in [0.15, 0.2) is 41.2 Å². The van der Waals surface area contributed by atoms with Crippen LogP contribution in [0.2, 0.25) is 0 Å². The number of pyridine rings is 1. The van der Waals surface area contributed by atoms with Crippen molar-refractivity contribution in [2.45, 2.75) is 43.9 Å². The van der Waals surface area contributed by atoms with Crippen LogP contribution in [0.5, 0.6) is 5.88 Å². The first-order valence-electron chi connectivity index (χ1n) is 9.71. The summed E-state index contributed by atoms with van der Waals surface area (Å²) in [7, 11) is 0. The molecule has 1 fully saturated rings. The molecule has 0 bridgehead atoms. The predicted molar refractivity (Wildman–Crippen MR) is 101 cm³/mol. The lowest BCUT2D eigenvalue weighted by atomic mass is 9.89. The number of aromatic nitrogens is 4. The van der Waals surface area contributed by atoms with E-state index in [0.29, 0.717) is 43.0 Å². The normalized spacial score (nSPS) is 22.2. The Morgan fingerprint density at radius 1 is 1.17 bits per heavy atom. The zero-order valence-corrected chi connectivity index (χ0v) is 15.8. The Kier molecular flexibility index (Phi) is 4.35. The third kappa shape index (κ3) is 3.14. The summed E-state index contributed by atoms with van der Waals surface area (Å²) in [6.07, 6.45) is 2.22. The highest BCUT2D eigenvalue weighted by molar-refractivity contribution is 5.26. The highest BCUT2D eigenvalue weighted by Gasteiger charge is 2.38. The van der Waals surface area contributed by atoms with E-state index in [2.05, 4.69) is 10.1 Å². The summed E-state index contributed by atoms with van der Waals surface area (Å²) in [5.74, 6) is -0.313. The second kappa shape index (κ2) is 7.06. The molecule has 1 atom stereocenters. The molecular weight excluding hydrogens is 392 g/mol. The average molecular weight is 409 g/mol. The van der Waals surface area contributed by atoms with Crippen LogP contribution in [0.4, 0.5) is 8.78 Å². The van der Waals surface area contributed by atoms with Crippen LogP contribution in [-0.4, -0.2) is 25.4 Å². The molecule has 0 saturated heterocycles. The van der Waals surface area contributed by atoms with Crippen molar-refractivity contribution in [3.8, 4) is 11.9 Å². The minimum atomic E-state index is -0.660. The Balaban J connectivity index is 1.32. The van der Waals surface area contributed by atoms with Gasteiger partial charge in [-0.05, 0) is 30.2 Å². The molecule has 7 nitrogen and oxygen atoms in total. The minimum absolute atomic E-state index is 0.107. The molecule has 152 valence electrons. The molecule has 2 aliphatic rings. The second-order valence-electron chi connectivity index (χ2n) is 7.61. The zero-order chi connectivity index (χ0) is 20.8. The van der Waals surface area contributed by atoms with Crippen LogP contribution in [0.25, 0.3) is 0 Å². The van der Waals surface area contributed by atoms with E-state index in [0.717, 1.165) is 6.07 Å². The molecule has 9 heteroatoms. The molecule has 30 heavy (non-hydrogen) atoms. The number of rotatable bonds is 4. The van der Waals surface area contributed by atoms with Crippen molar-refractivity contribution in [3.05, 3.63) is 75.6 Å². The molecule has 1 aliphatic carbocycles. The van der Waals surface area contributed by atoms with Crippen molar-refractivity contribution >= 4 is 0 Å². The lowest BCUT2D eigenvalue weighted by molar-refractivity contribution is 0.0584. The van der Waals surface area contributed by atoms with Crippen molar-refractivity contribution in [1.82, 2.24) is 19.3 Å². The molecule has 5 rings (SSSR count). The van der Waals surface area contributed by atoms with E-state index in [-0.39, 0.29) is 23.5 Å². The predicted octanol–water partition coefficient (Wildman–Crippen LogP) is 2.91. The van der Waals surface area contributed by atoms with Gasteiger partial charge in [0.1, 0.15) is 35.3 Å². The standard InChI is InChI=1S/C21H17F2N5O2/c22-13-6-12(7-14(23)8-13)18-4-5-19-26-28(21(29)27(18)19)16-9-17(10-16)30-20-3-1-2-15(11-24)25-20/h1-3,6-8,16-18H,4-5,9-10H2/t16?,17?,18-/m0/s1. The quantitative estimate of drug-likeness (QED) is 0.661. The highest BCUT2D eigenvalue weighted by atomic mass is 19.1. The summed E-state index contributed by atoms with van der Waals surface area (Å²) in [4.78, 5) is 17.1. The number of ether oxygens (including phenoxy) is 1. The van der Waals surface area contributed by atoms with Crippen molar-refractivity contribution < 1.29 is 13.5 Å². The molecule has 3 heterocycles. The van der Waals surface area contributed by atoms with Gasteiger partial charge in [0.15, 0.2) is 0 Å². The van der Waals surface area contributed by atoms with E-state index >= 15 is 0 Å². The molecule has 0 N–H and O–H groups in total. The lowest BCUT2D eigenvalue weighted by Crippen LogP contribution is -2.41. The average Bonchev–Trinajstić information content (AvgIpc) is 3.24. The summed E-state index contributed by atoms with van der Waals surface area (Å²) in [5, 5.41) is 13.4. The first-order chi connectivity index (χ1) is 14.5. The van der Waals surface area contributed by atoms with E-state index in [9.17, 15) is 13.6 Å². The first-order valence-corrected chi connectivity index (χ1v) is 9.71. The van der Waals surface area contributed by atoms with E-state index in [4.69, 9.17) is 10.00 Å². The Hall–Kier alpha value is -3.54. The molecule has 1 aliphatic heterocycles. The van der Waals surface area contributed by atoms with Crippen LogP contribution in [-0.2, 0) is 6.42 Å². The molecular formula is C21H17F2N5O2. The van der Waals surface area contributed by atoms with Crippen molar-refractivity contribution in [2.24, 2.45) is 0 Å². The fourth-order valence-corrected chi connectivity index (χ4v) is 4.18. The Labute approximate surface area is 170 Å². The van der Waals surface area contributed by atoms with Gasteiger partial charge in [-0.2, -0.15) is 10.4 Å². The number of hydrogen-bond acceptors (Lipinski definition) is 5. The molecule has 0 radical (unpaired) electrons. The van der Waals surface area contributed by atoms with E-state index in [1.165, 1.54) is 16.8 Å². The number of aryl methyl sites for hydroxylation is 1. The summed E-state index contributed by atoms with van der Waals surface area (Å²) in [5.41, 5.74) is 0.446. The highest BCUT2D eigenvalue weighted by Crippen LogP contribution is 2.36. The number of fused-ring (bicyclic) bond motifs is 1. The lowest BCUT2D eigenvalue weighted by Gasteiger charge is -2.34. The number of nitriles is 1. The van der Waals surface area contributed by atoms with Crippen LogP contribution >= 0.6 is 0 Å². The van der Waals surface area contributed by atoms with Gasteiger partial charge in [-0.15, -0.1) is 0 Å². The second-order valence-corrected chi connectivity index (χ2v) is 7.61. The number of nitrogens with zero attached hydrogens (tertiary/aromatic N) is 5. The first kappa shape index (κ1) is 18.5. The number of hydrogen-bond donors (Lipinski definition) is 0. The Morgan fingerprint density at radius 2 is 1.93 bits per heavy atom. The largest absolute Gasteiger partial charge is 0.474 e. The SMILES string of the molecule is N#Cc1cccc(OC2CC(n3nc4n(c3=O)[C@H](c3cc(F)cc(F)c3)CC4)C2)n1. The maximum atomic E-state index is 13.6. The van der Waals surface area contributed by atoms with Gasteiger partial charge in [-0.3, -0.25) is 4.57 Å². The Bertz CT molecular complexity index is 1200. The third-order valence-electron chi connectivity index (χ3n) is 5.67. The minimum Gasteiger partial charge on any atom is -0.474 e. The van der Waals surface area contributed by atoms with Crippen molar-refractivity contribution in [3.63, 3.8) is 0 Å². The van der Waals surface area contributed by atoms with Gasteiger partial charge in [-0.25, -0.2) is 23.2 Å². The van der Waals surface area contributed by atoms with Gasteiger partial charge in [0, 0.05) is 31.4 Å². The summed E-state index contributed by atoms with van der Waals surface area (Å²) in [6.45, 7) is 0. The topological polar surface area (TPSA) is 85.7 Å². The molecule has 0 spiro atoms. The van der Waals surface area contributed by atoms with Crippen molar-refractivity contribution in [2.75, 3.05) is 0 Å².